The van der Waals surface area contributed by atoms with E-state index in [0.29, 0.717) is 16.9 Å². The molecule has 1 rings (SSSR count). The number of benzene rings is 1. The van der Waals surface area contributed by atoms with Crippen molar-refractivity contribution in [2.24, 2.45) is 0 Å². The minimum absolute atomic E-state index is 0. The van der Waals surface area contributed by atoms with E-state index < -0.39 is 0 Å². The van der Waals surface area contributed by atoms with Gasteiger partial charge in [-0.25, -0.2) is 6.07 Å². The summed E-state index contributed by atoms with van der Waals surface area (Å²) in [6.45, 7) is 3.71. The second kappa shape index (κ2) is 5.30. The molecule has 1 aromatic carbocycles. The molecule has 0 saturated carbocycles. The van der Waals surface area contributed by atoms with Crippen LogP contribution in [-0.4, -0.2) is 13.4 Å². The number of methoxy groups -OCH3 is 1. The smallest absolute Gasteiger partial charge is 0.565 e. The fourth-order valence-electron chi connectivity index (χ4n) is 0.916. The summed E-state index contributed by atoms with van der Waals surface area (Å²) in [7, 11) is 1.53. The molecular weight excluding hydrogens is 279 g/mol. The molecule has 0 amide bonds. The number of carbonyl (C=O) groups excluding carboxylic acids is 1. The second-order valence-electron chi connectivity index (χ2n) is 2.21. The van der Waals surface area contributed by atoms with Crippen molar-refractivity contribution >= 4 is 22.2 Å². The molecule has 0 atom stereocenters. The van der Waals surface area contributed by atoms with Gasteiger partial charge in [0.25, 0.3) is 0 Å². The van der Waals surface area contributed by atoms with Crippen LogP contribution >= 0.6 is 15.9 Å². The summed E-state index contributed by atoms with van der Waals surface area (Å²) in [5.41, 5.74) is 0.983. The number of hydrogen-bond acceptors (Lipinski definition) is 2. The first-order chi connectivity index (χ1) is 5.70. The number of ether oxygens (including phenoxy) is 1. The minimum Gasteiger partial charge on any atom is -0.565 e. The van der Waals surface area contributed by atoms with Gasteiger partial charge in [0.05, 0.1) is 7.11 Å². The van der Waals surface area contributed by atoms with Gasteiger partial charge in [-0.2, -0.15) is 0 Å². The first kappa shape index (κ1) is 12.5. The Bertz CT molecular complexity index is 313. The van der Waals surface area contributed by atoms with E-state index in [2.05, 4.69) is 22.9 Å². The van der Waals surface area contributed by atoms with Crippen molar-refractivity contribution in [3.8, 4) is 5.75 Å². The van der Waals surface area contributed by atoms with Gasteiger partial charge in [-0.15, -0.1) is 6.07 Å². The summed E-state index contributed by atoms with van der Waals surface area (Å²) < 4.78 is 5.82. The van der Waals surface area contributed by atoms with Gasteiger partial charge >= 0.3 is 16.5 Å². The Kier molecular flexibility index (Phi) is 5.11. The molecule has 72 valence electrons. The zero-order chi connectivity index (χ0) is 9.14. The second-order valence-corrected chi connectivity index (χ2v) is 3.06. The maximum absolute atomic E-state index is 10.4. The van der Waals surface area contributed by atoms with Gasteiger partial charge in [-0.3, -0.25) is 18.1 Å². The Morgan fingerprint density at radius 2 is 2.15 bits per heavy atom. The molecule has 0 radical (unpaired) electrons. The van der Waals surface area contributed by atoms with E-state index in [1.54, 1.807) is 18.4 Å². The molecule has 4 heteroatoms. The summed E-state index contributed by atoms with van der Waals surface area (Å²) >= 11 is 3.28. The zero-order valence-electron chi connectivity index (χ0n) is 6.87. The third kappa shape index (κ3) is 2.49. The predicted molar refractivity (Wildman–Crippen MR) is 49.9 cm³/mol. The SMILES string of the molecule is [CH2-]c1c([C-]=O)ccc(Br)c1OC.[Ni+2]. The van der Waals surface area contributed by atoms with Crippen LogP contribution in [-0.2, 0) is 21.3 Å². The molecule has 0 unspecified atom stereocenters. The van der Waals surface area contributed by atoms with E-state index in [-0.39, 0.29) is 16.5 Å². The summed E-state index contributed by atoms with van der Waals surface area (Å²) in [6, 6.07) is 3.37. The van der Waals surface area contributed by atoms with E-state index in [1.807, 2.05) is 0 Å². The maximum Gasteiger partial charge on any atom is 2.00 e. The molecule has 0 heterocycles. The third-order valence-corrected chi connectivity index (χ3v) is 2.15. The van der Waals surface area contributed by atoms with Gasteiger partial charge < -0.3 is 9.53 Å². The van der Waals surface area contributed by atoms with Crippen LogP contribution < -0.4 is 4.74 Å². The van der Waals surface area contributed by atoms with Crippen LogP contribution in [0.2, 0.25) is 0 Å². The summed E-state index contributed by atoms with van der Waals surface area (Å²) in [6.07, 6.45) is 1.78. The van der Waals surface area contributed by atoms with Crippen molar-refractivity contribution in [1.82, 2.24) is 0 Å². The quantitative estimate of drug-likeness (QED) is 0.614. The molecule has 0 bridgehead atoms. The fraction of sp³-hybridized carbons (Fsp3) is 0.111. The average molecular weight is 286 g/mol. The summed E-state index contributed by atoms with van der Waals surface area (Å²) in [5.74, 6) is 0.579. The van der Waals surface area contributed by atoms with Crippen molar-refractivity contribution in [1.29, 1.82) is 0 Å². The van der Waals surface area contributed by atoms with Crippen molar-refractivity contribution in [2.75, 3.05) is 7.11 Å². The van der Waals surface area contributed by atoms with Gasteiger partial charge in [-0.1, -0.05) is 15.9 Å². The molecule has 0 aliphatic rings. The van der Waals surface area contributed by atoms with Crippen molar-refractivity contribution in [3.05, 3.63) is 34.7 Å². The van der Waals surface area contributed by atoms with Gasteiger partial charge in [0.15, 0.2) is 0 Å². The molecule has 0 aliphatic heterocycles. The standard InChI is InChI=1S/C9H7BrO2.Ni/c1-6-7(5-11)3-4-8(10)9(6)12-2;/h3-4H,1H2,2H3;/q-2;+2. The fourth-order valence-corrected chi connectivity index (χ4v) is 1.45. The Morgan fingerprint density at radius 3 is 2.62 bits per heavy atom. The molecule has 2 nitrogen and oxygen atoms in total. The molecule has 0 N–H and O–H groups in total. The monoisotopic (exact) mass is 284 g/mol. The molecule has 0 aliphatic carbocycles. The molecule has 1 aromatic rings. The summed E-state index contributed by atoms with van der Waals surface area (Å²) in [4.78, 5) is 10.4. The van der Waals surface area contributed by atoms with Crippen molar-refractivity contribution in [3.63, 3.8) is 0 Å². The molecule has 0 fully saturated rings. The van der Waals surface area contributed by atoms with Crippen LogP contribution in [0.5, 0.6) is 5.75 Å². The van der Waals surface area contributed by atoms with Gasteiger partial charge in [0.2, 0.25) is 0 Å². The van der Waals surface area contributed by atoms with Crippen LogP contribution in [0.3, 0.4) is 0 Å². The van der Waals surface area contributed by atoms with Crippen molar-refractivity contribution < 1.29 is 26.0 Å². The Hall–Kier alpha value is -0.466. The van der Waals surface area contributed by atoms with Crippen LogP contribution in [0.15, 0.2) is 16.6 Å². The van der Waals surface area contributed by atoms with Crippen LogP contribution in [0, 0.1) is 6.92 Å². The number of hydrogen-bond donors (Lipinski definition) is 0. The maximum atomic E-state index is 10.4. The zero-order valence-corrected chi connectivity index (χ0v) is 9.45. The topological polar surface area (TPSA) is 26.3 Å². The van der Waals surface area contributed by atoms with Gasteiger partial charge in [0, 0.05) is 0 Å². The largest absolute Gasteiger partial charge is 2.00 e. The van der Waals surface area contributed by atoms with E-state index in [0.717, 1.165) is 4.47 Å². The van der Waals surface area contributed by atoms with Gasteiger partial charge in [-0.05, 0) is 16.5 Å². The molecule has 0 spiro atoms. The van der Waals surface area contributed by atoms with Crippen molar-refractivity contribution in [2.45, 2.75) is 0 Å². The first-order valence-electron chi connectivity index (χ1n) is 3.27. The Morgan fingerprint density at radius 1 is 1.54 bits per heavy atom. The van der Waals surface area contributed by atoms with E-state index >= 15 is 0 Å². The Balaban J connectivity index is 0.00000144. The number of halogens is 1. The Labute approximate surface area is 95.7 Å². The van der Waals surface area contributed by atoms with Gasteiger partial charge in [0.1, 0.15) is 0 Å². The normalized spacial score (nSPS) is 8.77. The molecule has 0 aromatic heterocycles. The van der Waals surface area contributed by atoms with Crippen LogP contribution in [0.25, 0.3) is 0 Å². The number of rotatable bonds is 2. The van der Waals surface area contributed by atoms with E-state index in [9.17, 15) is 4.79 Å². The first-order valence-corrected chi connectivity index (χ1v) is 4.06. The van der Waals surface area contributed by atoms with E-state index in [4.69, 9.17) is 4.74 Å². The molecule has 0 saturated heterocycles. The summed E-state index contributed by atoms with van der Waals surface area (Å²) in [5, 5.41) is 0. The molecular formula is C9H7BrNiO2. The van der Waals surface area contributed by atoms with Crippen LogP contribution in [0.1, 0.15) is 11.1 Å². The minimum atomic E-state index is 0. The average Bonchev–Trinajstić information content (AvgIpc) is 2.06. The predicted octanol–water partition coefficient (Wildman–Crippen LogP) is 2.10. The third-order valence-electron chi connectivity index (χ3n) is 1.53. The van der Waals surface area contributed by atoms with Crippen LogP contribution in [0.4, 0.5) is 0 Å². The molecule has 13 heavy (non-hydrogen) atoms. The van der Waals surface area contributed by atoms with E-state index in [1.165, 1.54) is 7.11 Å².